The van der Waals surface area contributed by atoms with Crippen LogP contribution < -0.4 is 0 Å². The smallest absolute Gasteiger partial charge is 0.294 e. The second kappa shape index (κ2) is 4.14. The predicted octanol–water partition coefficient (Wildman–Crippen LogP) is 4.14. The number of carbonyl (C=O) groups excluding carboxylic acids is 1. The van der Waals surface area contributed by atoms with Crippen molar-refractivity contribution in [2.45, 2.75) is 6.18 Å². The molecule has 0 N–H and O–H groups in total. The van der Waals surface area contributed by atoms with Crippen molar-refractivity contribution in [3.8, 4) is 0 Å². The van der Waals surface area contributed by atoms with Crippen molar-refractivity contribution >= 4 is 33.3 Å². The first-order valence-corrected chi connectivity index (χ1v) is 4.83. The number of Topliss-reactive ketones (excluding diaryl/α,β-unsaturated/α-hetero) is 1. The Morgan fingerprint density at radius 1 is 1.40 bits per heavy atom. The third-order valence-electron chi connectivity index (χ3n) is 1.68. The Kier molecular flexibility index (Phi) is 3.45. The largest absolute Gasteiger partial charge is 0.417 e. The summed E-state index contributed by atoms with van der Waals surface area (Å²) >= 11 is 8.53. The summed E-state index contributed by atoms with van der Waals surface area (Å²) in [5.74, 6) is -0.964. The normalized spacial score (nSPS) is 11.6. The molecular weight excluding hydrogens is 296 g/mol. The molecule has 1 nitrogen and oxygen atoms in total. The highest BCUT2D eigenvalue weighted by Crippen LogP contribution is 2.38. The molecule has 15 heavy (non-hydrogen) atoms. The number of rotatable bonds is 1. The van der Waals surface area contributed by atoms with Gasteiger partial charge < -0.3 is 0 Å². The van der Waals surface area contributed by atoms with Gasteiger partial charge in [0.1, 0.15) is 0 Å². The summed E-state index contributed by atoms with van der Waals surface area (Å²) in [7, 11) is 0. The molecule has 1 radical (unpaired) electrons. The Morgan fingerprint density at radius 2 is 1.93 bits per heavy atom. The van der Waals surface area contributed by atoms with E-state index in [0.717, 1.165) is 12.1 Å². The number of carbonyl (C=O) groups is 1. The summed E-state index contributed by atoms with van der Waals surface area (Å²) < 4.78 is 37.6. The highest BCUT2D eigenvalue weighted by atomic mass is 79.9. The average molecular weight is 300 g/mol. The van der Waals surface area contributed by atoms with E-state index in [0.29, 0.717) is 0 Å². The molecule has 0 heterocycles. The Bertz CT molecular complexity index is 415. The van der Waals surface area contributed by atoms with Crippen molar-refractivity contribution in [3.05, 3.63) is 39.7 Å². The Morgan fingerprint density at radius 3 is 2.33 bits per heavy atom. The molecule has 0 aliphatic heterocycles. The molecule has 0 aliphatic carbocycles. The maximum absolute atomic E-state index is 12.5. The molecular formula is C9H4BrClF3O. The van der Waals surface area contributed by atoms with E-state index in [9.17, 15) is 18.0 Å². The van der Waals surface area contributed by atoms with Gasteiger partial charge in [0, 0.05) is 17.0 Å². The van der Waals surface area contributed by atoms with Crippen LogP contribution in [0.4, 0.5) is 13.2 Å². The molecule has 0 bridgehead atoms. The summed E-state index contributed by atoms with van der Waals surface area (Å²) in [5.41, 5.74) is -1.69. The van der Waals surface area contributed by atoms with Crippen molar-refractivity contribution in [2.75, 3.05) is 0 Å². The average Bonchev–Trinajstić information content (AvgIpc) is 2.06. The maximum atomic E-state index is 12.5. The SMILES string of the molecule is [CH2]C(=O)c1c(C(F)(F)F)ccc(Br)c1Cl. The second-order valence-corrected chi connectivity index (χ2v) is 3.94. The van der Waals surface area contributed by atoms with E-state index in [1.165, 1.54) is 0 Å². The van der Waals surface area contributed by atoms with Gasteiger partial charge in [-0.3, -0.25) is 4.79 Å². The lowest BCUT2D eigenvalue weighted by atomic mass is 10.0. The molecule has 81 valence electrons. The molecule has 1 rings (SSSR count). The van der Waals surface area contributed by atoms with Gasteiger partial charge in [0.25, 0.3) is 0 Å². The van der Waals surface area contributed by atoms with Gasteiger partial charge in [0.2, 0.25) is 0 Å². The van der Waals surface area contributed by atoms with Gasteiger partial charge in [0.15, 0.2) is 5.78 Å². The van der Waals surface area contributed by atoms with Gasteiger partial charge in [-0.15, -0.1) is 0 Å². The summed E-state index contributed by atoms with van der Waals surface area (Å²) in [5, 5.41) is -0.273. The number of ketones is 1. The van der Waals surface area contributed by atoms with E-state index in [1.54, 1.807) is 0 Å². The maximum Gasteiger partial charge on any atom is 0.417 e. The van der Waals surface area contributed by atoms with Crippen LogP contribution in [0.5, 0.6) is 0 Å². The van der Waals surface area contributed by atoms with Crippen LogP contribution in [0.15, 0.2) is 16.6 Å². The molecule has 0 saturated heterocycles. The lowest BCUT2D eigenvalue weighted by Gasteiger charge is -2.12. The molecule has 1 aromatic rings. The van der Waals surface area contributed by atoms with Crippen molar-refractivity contribution in [2.24, 2.45) is 0 Å². The Balaban J connectivity index is 3.55. The van der Waals surface area contributed by atoms with Crippen molar-refractivity contribution in [1.29, 1.82) is 0 Å². The molecule has 6 heteroatoms. The molecule has 0 aliphatic rings. The van der Waals surface area contributed by atoms with Crippen LogP contribution in [-0.2, 0) is 6.18 Å². The first-order valence-electron chi connectivity index (χ1n) is 3.66. The minimum Gasteiger partial charge on any atom is -0.294 e. The molecule has 0 fully saturated rings. The summed E-state index contributed by atoms with van der Waals surface area (Å²) in [6.45, 7) is 2.94. The highest BCUT2D eigenvalue weighted by Gasteiger charge is 2.35. The minimum absolute atomic E-state index is 0.226. The van der Waals surface area contributed by atoms with Crippen molar-refractivity contribution in [3.63, 3.8) is 0 Å². The molecule has 0 saturated carbocycles. The van der Waals surface area contributed by atoms with Gasteiger partial charge in [-0.2, -0.15) is 13.2 Å². The van der Waals surface area contributed by atoms with Gasteiger partial charge in [0.05, 0.1) is 10.6 Å². The first-order chi connectivity index (χ1) is 6.75. The summed E-state index contributed by atoms with van der Waals surface area (Å²) in [6.07, 6.45) is -4.62. The monoisotopic (exact) mass is 299 g/mol. The zero-order valence-corrected chi connectivity index (χ0v) is 9.50. The van der Waals surface area contributed by atoms with E-state index >= 15 is 0 Å². The van der Waals surface area contributed by atoms with E-state index in [-0.39, 0.29) is 9.50 Å². The van der Waals surface area contributed by atoms with Gasteiger partial charge in [-0.1, -0.05) is 11.6 Å². The van der Waals surface area contributed by atoms with Crippen LogP contribution in [0.3, 0.4) is 0 Å². The summed E-state index contributed by atoms with van der Waals surface area (Å²) in [4.78, 5) is 11.0. The van der Waals surface area contributed by atoms with Gasteiger partial charge in [-0.25, -0.2) is 0 Å². The predicted molar refractivity (Wildman–Crippen MR) is 53.8 cm³/mol. The van der Waals surface area contributed by atoms with E-state index in [2.05, 4.69) is 22.9 Å². The van der Waals surface area contributed by atoms with Crippen LogP contribution in [0, 0.1) is 6.92 Å². The fourth-order valence-corrected chi connectivity index (χ4v) is 1.66. The molecule has 0 aromatic heterocycles. The molecule has 0 unspecified atom stereocenters. The van der Waals surface area contributed by atoms with Crippen LogP contribution in [0.25, 0.3) is 0 Å². The second-order valence-electron chi connectivity index (χ2n) is 2.70. The lowest BCUT2D eigenvalue weighted by molar-refractivity contribution is -0.137. The molecule has 0 amide bonds. The van der Waals surface area contributed by atoms with Crippen LogP contribution in [0.1, 0.15) is 15.9 Å². The number of hydrogen-bond acceptors (Lipinski definition) is 1. The number of halogens is 5. The van der Waals surface area contributed by atoms with E-state index in [1.807, 2.05) is 0 Å². The lowest BCUT2D eigenvalue weighted by Crippen LogP contribution is -2.12. The molecule has 1 aromatic carbocycles. The van der Waals surface area contributed by atoms with Crippen LogP contribution in [0.2, 0.25) is 5.02 Å². The van der Waals surface area contributed by atoms with E-state index in [4.69, 9.17) is 11.6 Å². The minimum atomic E-state index is -4.62. The third-order valence-corrected chi connectivity index (χ3v) is 2.96. The fourth-order valence-electron chi connectivity index (χ4n) is 1.06. The number of hydrogen-bond donors (Lipinski definition) is 0. The summed E-state index contributed by atoms with van der Waals surface area (Å²) in [6, 6.07) is 1.92. The van der Waals surface area contributed by atoms with Crippen LogP contribution in [-0.4, -0.2) is 5.78 Å². The fraction of sp³-hybridized carbons (Fsp3) is 0.111. The number of alkyl halides is 3. The zero-order valence-electron chi connectivity index (χ0n) is 7.16. The molecule has 0 spiro atoms. The van der Waals surface area contributed by atoms with Crippen LogP contribution >= 0.6 is 27.5 Å². The van der Waals surface area contributed by atoms with Crippen molar-refractivity contribution in [1.82, 2.24) is 0 Å². The topological polar surface area (TPSA) is 17.1 Å². The Labute approximate surface area is 97.4 Å². The zero-order chi connectivity index (χ0) is 11.8. The van der Waals surface area contributed by atoms with Crippen molar-refractivity contribution < 1.29 is 18.0 Å². The van der Waals surface area contributed by atoms with Gasteiger partial charge in [-0.05, 0) is 28.1 Å². The molecule has 0 atom stereocenters. The highest BCUT2D eigenvalue weighted by molar-refractivity contribution is 9.10. The quantitative estimate of drug-likeness (QED) is 0.712. The Hall–Kier alpha value is -0.550. The number of benzene rings is 1. The first kappa shape index (κ1) is 12.5. The standard InChI is InChI=1S/C9H4BrClF3O/c1-4(15)7-5(9(12,13)14)2-3-6(10)8(7)11/h2-3H,1H2. The third kappa shape index (κ3) is 2.52. The van der Waals surface area contributed by atoms with Gasteiger partial charge >= 0.3 is 6.18 Å². The van der Waals surface area contributed by atoms with E-state index < -0.39 is 23.1 Å².